The number of nitrogens with one attached hydrogen (secondary N) is 1. The molecule has 2 unspecified atom stereocenters. The zero-order valence-electron chi connectivity index (χ0n) is 12.6. The maximum atomic E-state index is 12.2. The van der Waals surface area contributed by atoms with Gasteiger partial charge in [-0.25, -0.2) is 4.68 Å². The second-order valence-corrected chi connectivity index (χ2v) is 6.78. The fraction of sp³-hybridized carbons (Fsp3) is 0.625. The van der Waals surface area contributed by atoms with Crippen molar-refractivity contribution in [1.29, 1.82) is 0 Å². The second kappa shape index (κ2) is 7.13. The molecule has 21 heavy (non-hydrogen) atoms. The molecular weight excluding hydrogens is 330 g/mol. The molecule has 1 aliphatic carbocycles. The van der Waals surface area contributed by atoms with Gasteiger partial charge in [0.1, 0.15) is 11.0 Å². The van der Waals surface area contributed by atoms with Crippen LogP contribution in [0.25, 0.3) is 0 Å². The van der Waals surface area contributed by atoms with Crippen molar-refractivity contribution in [3.63, 3.8) is 0 Å². The van der Waals surface area contributed by atoms with E-state index in [0.717, 1.165) is 12.1 Å². The molecule has 0 spiro atoms. The number of hydrogen-bond donors (Lipinski definition) is 1. The van der Waals surface area contributed by atoms with E-state index >= 15 is 0 Å². The van der Waals surface area contributed by atoms with Crippen LogP contribution in [0.15, 0.2) is 15.5 Å². The summed E-state index contributed by atoms with van der Waals surface area (Å²) in [5.41, 5.74) is 0.584. The van der Waals surface area contributed by atoms with E-state index in [9.17, 15) is 4.79 Å². The lowest BCUT2D eigenvalue weighted by atomic mass is 9.78. The van der Waals surface area contributed by atoms with Crippen LogP contribution in [0.5, 0.6) is 0 Å². The molecule has 1 saturated carbocycles. The van der Waals surface area contributed by atoms with Crippen LogP contribution in [0.3, 0.4) is 0 Å². The Morgan fingerprint density at radius 1 is 1.52 bits per heavy atom. The minimum atomic E-state index is -0.185. The number of rotatable bonds is 4. The van der Waals surface area contributed by atoms with Crippen LogP contribution < -0.4 is 10.9 Å². The Morgan fingerprint density at radius 2 is 2.24 bits per heavy atom. The molecule has 5 heteroatoms. The Morgan fingerprint density at radius 3 is 2.90 bits per heavy atom. The standard InChI is InChI=1S/C16H22BrN3O/c1-4-9-20-16(21)15(17)14(10-18-20)19-13-8-6-5-7-12(13)11(2)3/h1,10-13,19H,5-9H2,2-3H3. The fourth-order valence-electron chi connectivity index (χ4n) is 3.10. The molecule has 0 bridgehead atoms. The molecule has 1 aliphatic rings. The van der Waals surface area contributed by atoms with Gasteiger partial charge in [-0.2, -0.15) is 5.10 Å². The van der Waals surface area contributed by atoms with Gasteiger partial charge in [0.2, 0.25) is 0 Å². The van der Waals surface area contributed by atoms with Crippen molar-refractivity contribution in [2.75, 3.05) is 5.32 Å². The van der Waals surface area contributed by atoms with Crippen molar-refractivity contribution in [3.05, 3.63) is 21.0 Å². The highest BCUT2D eigenvalue weighted by atomic mass is 79.9. The maximum Gasteiger partial charge on any atom is 0.284 e. The Labute approximate surface area is 134 Å². The summed E-state index contributed by atoms with van der Waals surface area (Å²) >= 11 is 3.38. The molecule has 0 saturated heterocycles. The van der Waals surface area contributed by atoms with Crippen LogP contribution in [0.4, 0.5) is 5.69 Å². The first-order valence-electron chi connectivity index (χ1n) is 7.50. The lowest BCUT2D eigenvalue weighted by Gasteiger charge is -2.35. The average molecular weight is 352 g/mol. The zero-order valence-corrected chi connectivity index (χ0v) is 14.2. The van der Waals surface area contributed by atoms with Gasteiger partial charge in [0.25, 0.3) is 5.56 Å². The highest BCUT2D eigenvalue weighted by Crippen LogP contribution is 2.33. The molecule has 0 aliphatic heterocycles. The normalized spacial score (nSPS) is 22.0. The van der Waals surface area contributed by atoms with Crippen LogP contribution in [-0.4, -0.2) is 15.8 Å². The van der Waals surface area contributed by atoms with Gasteiger partial charge in [-0.05, 0) is 40.6 Å². The fourth-order valence-corrected chi connectivity index (χ4v) is 3.52. The predicted molar refractivity (Wildman–Crippen MR) is 89.2 cm³/mol. The quantitative estimate of drug-likeness (QED) is 0.846. The van der Waals surface area contributed by atoms with E-state index < -0.39 is 0 Å². The molecule has 1 fully saturated rings. The van der Waals surface area contributed by atoms with Gasteiger partial charge in [-0.3, -0.25) is 4.79 Å². The second-order valence-electron chi connectivity index (χ2n) is 5.98. The average Bonchev–Trinajstić information content (AvgIpc) is 2.47. The van der Waals surface area contributed by atoms with Gasteiger partial charge >= 0.3 is 0 Å². The summed E-state index contributed by atoms with van der Waals surface area (Å²) < 4.78 is 1.80. The summed E-state index contributed by atoms with van der Waals surface area (Å²) in [6.07, 6.45) is 11.8. The summed E-state index contributed by atoms with van der Waals surface area (Å²) in [5, 5.41) is 7.65. The largest absolute Gasteiger partial charge is 0.380 e. The van der Waals surface area contributed by atoms with E-state index in [-0.39, 0.29) is 12.1 Å². The van der Waals surface area contributed by atoms with E-state index in [1.54, 1.807) is 6.20 Å². The molecule has 2 atom stereocenters. The first-order chi connectivity index (χ1) is 10.0. The summed E-state index contributed by atoms with van der Waals surface area (Å²) in [4.78, 5) is 12.2. The Bertz CT molecular complexity index is 588. The van der Waals surface area contributed by atoms with Crippen molar-refractivity contribution in [2.45, 2.75) is 52.1 Å². The molecule has 1 aromatic heterocycles. The minimum Gasteiger partial charge on any atom is -0.380 e. The summed E-state index contributed by atoms with van der Waals surface area (Å²) in [6.45, 7) is 4.72. The number of terminal acetylenes is 1. The molecule has 1 N–H and O–H groups in total. The molecule has 0 radical (unpaired) electrons. The van der Waals surface area contributed by atoms with Crippen molar-refractivity contribution >= 4 is 21.6 Å². The third-order valence-electron chi connectivity index (χ3n) is 4.24. The first-order valence-corrected chi connectivity index (χ1v) is 8.29. The highest BCUT2D eigenvalue weighted by molar-refractivity contribution is 9.10. The molecule has 4 nitrogen and oxygen atoms in total. The van der Waals surface area contributed by atoms with E-state index in [0.29, 0.717) is 22.4 Å². The summed E-state index contributed by atoms with van der Waals surface area (Å²) in [6, 6.07) is 0.403. The molecule has 1 aromatic rings. The third kappa shape index (κ3) is 3.68. The minimum absolute atomic E-state index is 0.185. The number of anilines is 1. The van der Waals surface area contributed by atoms with Gasteiger partial charge in [-0.15, -0.1) is 6.42 Å². The van der Waals surface area contributed by atoms with Gasteiger partial charge in [0.15, 0.2) is 0 Å². The van der Waals surface area contributed by atoms with E-state index in [1.165, 1.54) is 23.9 Å². The van der Waals surface area contributed by atoms with E-state index in [2.05, 4.69) is 46.1 Å². The number of aromatic nitrogens is 2. The Balaban J connectivity index is 2.21. The predicted octanol–water partition coefficient (Wildman–Crippen LogP) is 3.27. The van der Waals surface area contributed by atoms with Crippen LogP contribution in [0, 0.1) is 24.2 Å². The van der Waals surface area contributed by atoms with Crippen molar-refractivity contribution in [2.24, 2.45) is 11.8 Å². The van der Waals surface area contributed by atoms with Gasteiger partial charge in [-0.1, -0.05) is 32.6 Å². The molecular formula is C16H22BrN3O. The topological polar surface area (TPSA) is 46.9 Å². The summed E-state index contributed by atoms with van der Waals surface area (Å²) in [5.74, 6) is 3.71. The van der Waals surface area contributed by atoms with Crippen LogP contribution >= 0.6 is 15.9 Å². The zero-order chi connectivity index (χ0) is 15.4. The molecule has 0 amide bonds. The van der Waals surface area contributed by atoms with Crippen LogP contribution in [-0.2, 0) is 6.54 Å². The maximum absolute atomic E-state index is 12.2. The van der Waals surface area contributed by atoms with Gasteiger partial charge in [0, 0.05) is 6.04 Å². The number of hydrogen-bond acceptors (Lipinski definition) is 3. The third-order valence-corrected chi connectivity index (χ3v) is 5.01. The van der Waals surface area contributed by atoms with Crippen LogP contribution in [0.2, 0.25) is 0 Å². The molecule has 2 rings (SSSR count). The first kappa shape index (κ1) is 16.1. The van der Waals surface area contributed by atoms with E-state index in [4.69, 9.17) is 6.42 Å². The van der Waals surface area contributed by atoms with Crippen molar-refractivity contribution < 1.29 is 0 Å². The highest BCUT2D eigenvalue weighted by Gasteiger charge is 2.28. The smallest absolute Gasteiger partial charge is 0.284 e. The van der Waals surface area contributed by atoms with Crippen molar-refractivity contribution in [1.82, 2.24) is 9.78 Å². The molecule has 0 aromatic carbocycles. The SMILES string of the molecule is C#CCn1ncc(NC2CCCCC2C(C)C)c(Br)c1=O. The van der Waals surface area contributed by atoms with Gasteiger partial charge < -0.3 is 5.32 Å². The number of nitrogens with zero attached hydrogens (tertiary/aromatic N) is 2. The lowest BCUT2D eigenvalue weighted by Crippen LogP contribution is -2.36. The number of halogens is 1. The molecule has 114 valence electrons. The van der Waals surface area contributed by atoms with E-state index in [1.807, 2.05) is 0 Å². The Hall–Kier alpha value is -1.28. The van der Waals surface area contributed by atoms with Crippen LogP contribution in [0.1, 0.15) is 39.5 Å². The lowest BCUT2D eigenvalue weighted by molar-refractivity contribution is 0.253. The van der Waals surface area contributed by atoms with Crippen molar-refractivity contribution in [3.8, 4) is 12.3 Å². The summed E-state index contributed by atoms with van der Waals surface area (Å²) in [7, 11) is 0. The van der Waals surface area contributed by atoms with Gasteiger partial charge in [0.05, 0.1) is 11.9 Å². The molecule has 1 heterocycles. The monoisotopic (exact) mass is 351 g/mol. The Kier molecular flexibility index (Phi) is 5.46.